The maximum Gasteiger partial charge on any atom is 0.394 e. The summed E-state index contributed by atoms with van der Waals surface area (Å²) in [6, 6.07) is 1.87. The Kier molecular flexibility index (Phi) is 4.84. The van der Waals surface area contributed by atoms with Crippen molar-refractivity contribution < 1.29 is 27.1 Å². The van der Waals surface area contributed by atoms with Crippen LogP contribution in [0.5, 0.6) is 0 Å². The zero-order chi connectivity index (χ0) is 13.8. The van der Waals surface area contributed by atoms with Crippen LogP contribution in [-0.2, 0) is 19.9 Å². The molecule has 0 aromatic carbocycles. The van der Waals surface area contributed by atoms with Crippen LogP contribution in [0.2, 0.25) is 0 Å². The quantitative estimate of drug-likeness (QED) is 0.311. The van der Waals surface area contributed by atoms with E-state index in [1.54, 1.807) is 13.8 Å². The van der Waals surface area contributed by atoms with Crippen LogP contribution in [0.15, 0.2) is 22.6 Å². The summed E-state index contributed by atoms with van der Waals surface area (Å²) >= 11 is 0. The summed E-state index contributed by atoms with van der Waals surface area (Å²) in [5, 5.41) is 8.51. The number of nitriles is 1. The fraction of sp³-hybridized carbons (Fsp3) is 0.250. The maximum atomic E-state index is 10.9. The van der Waals surface area contributed by atoms with Gasteiger partial charge in [0.05, 0.1) is 22.9 Å². The van der Waals surface area contributed by atoms with Crippen molar-refractivity contribution in [1.29, 1.82) is 5.26 Å². The predicted molar refractivity (Wildman–Crippen MR) is 55.5 cm³/mol. The number of cyclic esters (lactones) is 1. The maximum absolute atomic E-state index is 10.9. The second-order valence-corrected chi connectivity index (χ2v) is 3.84. The number of carbonyl (C=O) groups is 1. The Labute approximate surface area is 97.6 Å². The highest BCUT2D eigenvalue weighted by Crippen LogP contribution is 2.23. The molecular weight excluding hydrogens is 252 g/mol. The fourth-order valence-corrected chi connectivity index (χ4v) is 0.834. The van der Waals surface area contributed by atoms with Crippen LogP contribution in [0.3, 0.4) is 0 Å². The number of carbonyl (C=O) groups excluding carboxylic acids is 1. The summed E-state index contributed by atoms with van der Waals surface area (Å²) in [4.78, 5) is 10.9. The molecule has 0 saturated heterocycles. The molecule has 0 amide bonds. The van der Waals surface area contributed by atoms with Gasteiger partial charge in [-0.1, -0.05) is 0 Å². The van der Waals surface area contributed by atoms with Crippen LogP contribution in [0.4, 0.5) is 0 Å². The van der Waals surface area contributed by atoms with Gasteiger partial charge in [0.15, 0.2) is 5.76 Å². The Balaban J connectivity index is 0.000000437. The van der Waals surface area contributed by atoms with Gasteiger partial charge in [-0.2, -0.15) is 13.7 Å². The van der Waals surface area contributed by atoms with Gasteiger partial charge in [0, 0.05) is 0 Å². The first-order chi connectivity index (χ1) is 7.57. The molecule has 1 heterocycles. The molecule has 0 aromatic rings. The van der Waals surface area contributed by atoms with Crippen molar-refractivity contribution >= 4 is 16.4 Å². The second kappa shape index (κ2) is 5.44. The monoisotopic (exact) mass is 262 g/mol. The van der Waals surface area contributed by atoms with Crippen molar-refractivity contribution in [2.75, 3.05) is 0 Å². The molecule has 8 nitrogen and oxygen atoms in total. The zero-order valence-electron chi connectivity index (χ0n) is 8.96. The van der Waals surface area contributed by atoms with E-state index in [1.807, 2.05) is 6.07 Å². The van der Waals surface area contributed by atoms with E-state index in [2.05, 4.69) is 0 Å². The van der Waals surface area contributed by atoms with Gasteiger partial charge in [0.2, 0.25) is 0 Å². The molecule has 0 aliphatic carbocycles. The summed E-state index contributed by atoms with van der Waals surface area (Å²) < 4.78 is 36.3. The summed E-state index contributed by atoms with van der Waals surface area (Å²) in [7, 11) is -4.67. The Bertz CT molecular complexity index is 529. The van der Waals surface area contributed by atoms with Gasteiger partial charge in [-0.25, -0.2) is 4.79 Å². The average molecular weight is 262 g/mol. The van der Waals surface area contributed by atoms with Crippen LogP contribution in [0, 0.1) is 11.3 Å². The van der Waals surface area contributed by atoms with Gasteiger partial charge >= 0.3 is 16.4 Å². The molecule has 0 atom stereocenters. The van der Waals surface area contributed by atoms with E-state index in [-0.39, 0.29) is 11.5 Å². The lowest BCUT2D eigenvalue weighted by molar-refractivity contribution is -0.133. The highest BCUT2D eigenvalue weighted by atomic mass is 32.3. The number of esters is 1. The Morgan fingerprint density at radius 3 is 2.12 bits per heavy atom. The lowest BCUT2D eigenvalue weighted by Gasteiger charge is -1.97. The molecule has 0 spiro atoms. The third-order valence-corrected chi connectivity index (χ3v) is 1.66. The van der Waals surface area contributed by atoms with E-state index < -0.39 is 16.4 Å². The van der Waals surface area contributed by atoms with Crippen molar-refractivity contribution in [2.45, 2.75) is 13.8 Å². The van der Waals surface area contributed by atoms with E-state index >= 15 is 0 Å². The number of allylic oxidation sites excluding steroid dienone is 1. The average Bonchev–Trinajstić information content (AvgIpc) is 2.42. The third kappa shape index (κ3) is 5.12. The van der Waals surface area contributed by atoms with E-state index in [4.69, 9.17) is 33.3 Å². The van der Waals surface area contributed by atoms with Crippen molar-refractivity contribution in [2.24, 2.45) is 5.73 Å². The topological polar surface area (TPSA) is 151 Å². The smallest absolute Gasteiger partial charge is 0.394 e. The first kappa shape index (κ1) is 15.1. The molecule has 0 fully saturated rings. The van der Waals surface area contributed by atoms with Crippen LogP contribution in [0.25, 0.3) is 0 Å². The first-order valence-electron chi connectivity index (χ1n) is 4.07. The number of ether oxygens (including phenoxy) is 1. The Morgan fingerprint density at radius 1 is 1.47 bits per heavy atom. The van der Waals surface area contributed by atoms with Gasteiger partial charge in [-0.3, -0.25) is 9.11 Å². The predicted octanol–water partition coefficient (Wildman–Crippen LogP) is -0.0793. The van der Waals surface area contributed by atoms with Gasteiger partial charge in [0.1, 0.15) is 0 Å². The molecule has 0 bridgehead atoms. The normalized spacial score (nSPS) is 17.9. The molecule has 0 aromatic heterocycles. The highest BCUT2D eigenvalue weighted by molar-refractivity contribution is 7.79. The standard InChI is InChI=1S/C8H8N2O2.H2O4S/c1-4(3-9)7-6(10)5(2)8(11)12-7;1-5(2,3)4/h10H2,1-2H3;(H2,1,2,3,4)/b7-4+;. The zero-order valence-corrected chi connectivity index (χ0v) is 9.78. The van der Waals surface area contributed by atoms with Crippen molar-refractivity contribution in [3.8, 4) is 6.07 Å². The number of hydrogen-bond donors (Lipinski definition) is 3. The van der Waals surface area contributed by atoms with Crippen LogP contribution in [-0.4, -0.2) is 23.5 Å². The Morgan fingerprint density at radius 2 is 1.88 bits per heavy atom. The molecule has 1 aliphatic heterocycles. The van der Waals surface area contributed by atoms with E-state index in [9.17, 15) is 4.79 Å². The highest BCUT2D eigenvalue weighted by Gasteiger charge is 2.25. The van der Waals surface area contributed by atoms with Gasteiger partial charge < -0.3 is 10.5 Å². The van der Waals surface area contributed by atoms with Gasteiger partial charge in [-0.05, 0) is 13.8 Å². The lowest BCUT2D eigenvalue weighted by atomic mass is 10.2. The molecule has 0 saturated carbocycles. The number of nitrogens with zero attached hydrogens (tertiary/aromatic N) is 1. The molecule has 0 unspecified atom stereocenters. The molecule has 17 heavy (non-hydrogen) atoms. The van der Waals surface area contributed by atoms with Crippen LogP contribution < -0.4 is 5.73 Å². The molecule has 0 radical (unpaired) electrons. The van der Waals surface area contributed by atoms with Crippen molar-refractivity contribution in [1.82, 2.24) is 0 Å². The number of hydrogen-bond acceptors (Lipinski definition) is 6. The molecule has 9 heteroatoms. The van der Waals surface area contributed by atoms with Crippen molar-refractivity contribution in [3.63, 3.8) is 0 Å². The molecule has 4 N–H and O–H groups in total. The minimum absolute atomic E-state index is 0.194. The largest absolute Gasteiger partial charge is 0.420 e. The minimum Gasteiger partial charge on any atom is -0.420 e. The SMILES string of the molecule is CC1=C(N)/C(=C(/C)C#N)OC1=O.O=S(=O)(O)O. The number of rotatable bonds is 0. The van der Waals surface area contributed by atoms with Crippen LogP contribution >= 0.6 is 0 Å². The molecule has 94 valence electrons. The molecular formula is C8H10N2O6S. The van der Waals surface area contributed by atoms with E-state index in [0.29, 0.717) is 11.1 Å². The summed E-state index contributed by atoms with van der Waals surface area (Å²) in [6.45, 7) is 3.11. The minimum atomic E-state index is -4.67. The fourth-order valence-electron chi connectivity index (χ4n) is 0.834. The first-order valence-corrected chi connectivity index (χ1v) is 5.47. The Hall–Kier alpha value is -1.89. The molecule has 1 rings (SSSR count). The van der Waals surface area contributed by atoms with Crippen molar-refractivity contribution in [3.05, 3.63) is 22.6 Å². The summed E-state index contributed by atoms with van der Waals surface area (Å²) in [6.07, 6.45) is 0. The van der Waals surface area contributed by atoms with Gasteiger partial charge in [-0.15, -0.1) is 0 Å². The number of nitrogens with two attached hydrogens (primary N) is 1. The third-order valence-electron chi connectivity index (χ3n) is 1.66. The second-order valence-electron chi connectivity index (χ2n) is 2.94. The van der Waals surface area contributed by atoms with E-state index in [1.165, 1.54) is 0 Å². The summed E-state index contributed by atoms with van der Waals surface area (Å²) in [5.74, 6) is -0.280. The van der Waals surface area contributed by atoms with Gasteiger partial charge in [0.25, 0.3) is 0 Å². The lowest BCUT2D eigenvalue weighted by Crippen LogP contribution is -2.00. The van der Waals surface area contributed by atoms with E-state index in [0.717, 1.165) is 0 Å². The van der Waals surface area contributed by atoms with Crippen LogP contribution in [0.1, 0.15) is 13.8 Å². The summed E-state index contributed by atoms with van der Waals surface area (Å²) in [5.41, 5.74) is 6.46. The molecule has 1 aliphatic rings.